The van der Waals surface area contributed by atoms with E-state index >= 15 is 0 Å². The molecule has 0 aliphatic heterocycles. The number of esters is 1. The average molecular weight is 304 g/mol. The van der Waals surface area contributed by atoms with E-state index < -0.39 is 0 Å². The van der Waals surface area contributed by atoms with Gasteiger partial charge in [0.1, 0.15) is 4.88 Å². The lowest BCUT2D eigenvalue weighted by Crippen LogP contribution is -2.01. The van der Waals surface area contributed by atoms with E-state index in [1.54, 1.807) is 6.92 Å². The van der Waals surface area contributed by atoms with E-state index in [0.29, 0.717) is 16.0 Å². The highest BCUT2D eigenvalue weighted by Crippen LogP contribution is 2.18. The molecule has 0 radical (unpaired) electrons. The molecule has 3 nitrogen and oxygen atoms in total. The zero-order chi connectivity index (χ0) is 13.4. The molecule has 6 heteroatoms. The number of halogens is 2. The van der Waals surface area contributed by atoms with E-state index in [1.807, 2.05) is 30.3 Å². The van der Waals surface area contributed by atoms with Gasteiger partial charge in [0.25, 0.3) is 0 Å². The Kier molecular flexibility index (Phi) is 6.72. The number of thiazole rings is 1. The topological polar surface area (TPSA) is 39.2 Å². The molecule has 2 aromatic rings. The highest BCUT2D eigenvalue weighted by atomic mass is 35.5. The first kappa shape index (κ1) is 15.0. The van der Waals surface area contributed by atoms with Gasteiger partial charge < -0.3 is 4.74 Å². The van der Waals surface area contributed by atoms with Crippen LogP contribution in [-0.2, 0) is 4.74 Å². The smallest absolute Gasteiger partial charge is 0.349 e. The average Bonchev–Trinajstić information content (AvgIpc) is 2.78. The van der Waals surface area contributed by atoms with Crippen molar-refractivity contribution < 1.29 is 9.53 Å². The summed E-state index contributed by atoms with van der Waals surface area (Å²) in [7, 11) is 0. The van der Waals surface area contributed by atoms with Gasteiger partial charge in [0.2, 0.25) is 0 Å². The molecule has 0 bridgehead atoms. The molecule has 0 fully saturated rings. The van der Waals surface area contributed by atoms with Gasteiger partial charge in [-0.15, -0.1) is 0 Å². The standard InChI is InChI=1S/C6H6ClNO2S.C6H5Cl/c1-2-10-5(9)4-3-8-6(7)11-4;7-6-4-2-1-3-5-6/h3H,2H2,1H3;1-5H. The minimum atomic E-state index is -0.364. The predicted octanol–water partition coefficient (Wildman–Crippen LogP) is 4.31. The Morgan fingerprint density at radius 1 is 1.33 bits per heavy atom. The van der Waals surface area contributed by atoms with Crippen molar-refractivity contribution in [3.05, 3.63) is 50.9 Å². The third-order valence-electron chi connectivity index (χ3n) is 1.69. The summed E-state index contributed by atoms with van der Waals surface area (Å²) in [5, 5.41) is 0.794. The van der Waals surface area contributed by atoms with Gasteiger partial charge in [-0.2, -0.15) is 0 Å². The van der Waals surface area contributed by atoms with E-state index in [9.17, 15) is 4.79 Å². The lowest BCUT2D eigenvalue weighted by molar-refractivity contribution is 0.0532. The minimum Gasteiger partial charge on any atom is -0.462 e. The van der Waals surface area contributed by atoms with Gasteiger partial charge in [-0.1, -0.05) is 52.7 Å². The number of hydrogen-bond donors (Lipinski definition) is 0. The number of carbonyl (C=O) groups excluding carboxylic acids is 1. The largest absolute Gasteiger partial charge is 0.462 e. The van der Waals surface area contributed by atoms with E-state index in [-0.39, 0.29) is 5.97 Å². The fourth-order valence-electron chi connectivity index (χ4n) is 0.964. The molecule has 1 aromatic carbocycles. The van der Waals surface area contributed by atoms with Crippen LogP contribution in [0.15, 0.2) is 36.5 Å². The van der Waals surface area contributed by atoms with Gasteiger partial charge in [-0.3, -0.25) is 0 Å². The van der Waals surface area contributed by atoms with Crippen molar-refractivity contribution in [2.24, 2.45) is 0 Å². The molecule has 0 aliphatic carbocycles. The summed E-state index contributed by atoms with van der Waals surface area (Å²) >= 11 is 12.2. The number of rotatable bonds is 2. The van der Waals surface area contributed by atoms with Crippen molar-refractivity contribution in [1.29, 1.82) is 0 Å². The molecule has 1 aromatic heterocycles. The van der Waals surface area contributed by atoms with Crippen molar-refractivity contribution >= 4 is 40.5 Å². The number of ether oxygens (including phenoxy) is 1. The quantitative estimate of drug-likeness (QED) is 0.776. The van der Waals surface area contributed by atoms with Crippen molar-refractivity contribution in [1.82, 2.24) is 4.98 Å². The van der Waals surface area contributed by atoms with Crippen LogP contribution in [0, 0.1) is 0 Å². The SMILES string of the molecule is CCOC(=O)c1cnc(Cl)s1.Clc1ccccc1. The van der Waals surface area contributed by atoms with Crippen molar-refractivity contribution in [3.8, 4) is 0 Å². The van der Waals surface area contributed by atoms with Crippen molar-refractivity contribution in [2.75, 3.05) is 6.61 Å². The van der Waals surface area contributed by atoms with Crippen LogP contribution < -0.4 is 0 Å². The molecule has 1 heterocycles. The zero-order valence-corrected chi connectivity index (χ0v) is 11.9. The lowest BCUT2D eigenvalue weighted by Gasteiger charge is -1.95. The number of carbonyl (C=O) groups is 1. The Morgan fingerprint density at radius 3 is 2.39 bits per heavy atom. The van der Waals surface area contributed by atoms with Crippen molar-refractivity contribution in [3.63, 3.8) is 0 Å². The maximum atomic E-state index is 10.9. The fourth-order valence-corrected chi connectivity index (χ4v) is 1.94. The van der Waals surface area contributed by atoms with Gasteiger partial charge in [0.05, 0.1) is 12.8 Å². The van der Waals surface area contributed by atoms with Crippen molar-refractivity contribution in [2.45, 2.75) is 6.92 Å². The Balaban J connectivity index is 0.000000199. The molecule has 18 heavy (non-hydrogen) atoms. The first-order valence-corrected chi connectivity index (χ1v) is 6.69. The summed E-state index contributed by atoms with van der Waals surface area (Å²) in [6.07, 6.45) is 1.41. The molecule has 0 saturated carbocycles. The summed E-state index contributed by atoms with van der Waals surface area (Å²) in [4.78, 5) is 15.1. The summed E-state index contributed by atoms with van der Waals surface area (Å²) in [6.45, 7) is 2.12. The summed E-state index contributed by atoms with van der Waals surface area (Å²) < 4.78 is 5.07. The Morgan fingerprint density at radius 2 is 2.00 bits per heavy atom. The van der Waals surface area contributed by atoms with Crippen LogP contribution in [0.1, 0.15) is 16.6 Å². The van der Waals surface area contributed by atoms with Gasteiger partial charge in [0, 0.05) is 5.02 Å². The highest BCUT2D eigenvalue weighted by molar-refractivity contribution is 7.17. The molecule has 0 unspecified atom stereocenters. The second-order valence-electron chi connectivity index (χ2n) is 2.99. The van der Waals surface area contributed by atoms with E-state index in [2.05, 4.69) is 4.98 Å². The number of hydrogen-bond acceptors (Lipinski definition) is 4. The Bertz CT molecular complexity index is 488. The van der Waals surface area contributed by atoms with E-state index in [0.717, 1.165) is 16.4 Å². The summed E-state index contributed by atoms with van der Waals surface area (Å²) in [5.41, 5.74) is 0. The predicted molar refractivity (Wildman–Crippen MR) is 74.5 cm³/mol. The first-order chi connectivity index (χ1) is 8.63. The molecule has 0 amide bonds. The fraction of sp³-hybridized carbons (Fsp3) is 0.167. The van der Waals surface area contributed by atoms with Crippen LogP contribution in [0.2, 0.25) is 9.49 Å². The van der Waals surface area contributed by atoms with Crippen LogP contribution in [0.3, 0.4) is 0 Å². The second-order valence-corrected chi connectivity index (χ2v) is 5.04. The van der Waals surface area contributed by atoms with E-state index in [4.69, 9.17) is 27.9 Å². The molecular weight excluding hydrogens is 293 g/mol. The minimum absolute atomic E-state index is 0.355. The molecular formula is C12H11Cl2NO2S. The number of benzene rings is 1. The van der Waals surface area contributed by atoms with Crippen LogP contribution in [-0.4, -0.2) is 17.6 Å². The lowest BCUT2D eigenvalue weighted by atomic mass is 10.4. The Hall–Kier alpha value is -1.10. The normalized spacial score (nSPS) is 9.28. The molecule has 96 valence electrons. The van der Waals surface area contributed by atoms with Crippen LogP contribution >= 0.6 is 34.5 Å². The molecule has 2 rings (SSSR count). The summed E-state index contributed by atoms with van der Waals surface area (Å²) in [6, 6.07) is 9.44. The second kappa shape index (κ2) is 8.08. The third kappa shape index (κ3) is 5.49. The monoisotopic (exact) mass is 303 g/mol. The van der Waals surface area contributed by atoms with Crippen LogP contribution in [0.4, 0.5) is 0 Å². The molecule has 0 aliphatic rings. The van der Waals surface area contributed by atoms with Gasteiger partial charge in [-0.25, -0.2) is 9.78 Å². The van der Waals surface area contributed by atoms with Crippen LogP contribution in [0.5, 0.6) is 0 Å². The maximum absolute atomic E-state index is 10.9. The van der Waals surface area contributed by atoms with Gasteiger partial charge >= 0.3 is 5.97 Å². The Labute approximate surface area is 119 Å². The maximum Gasteiger partial charge on any atom is 0.349 e. The molecule has 0 spiro atoms. The molecule has 0 atom stereocenters. The van der Waals surface area contributed by atoms with Crippen LogP contribution in [0.25, 0.3) is 0 Å². The number of nitrogens with zero attached hydrogens (tertiary/aromatic N) is 1. The third-order valence-corrected chi connectivity index (χ3v) is 3.03. The number of aromatic nitrogens is 1. The van der Waals surface area contributed by atoms with Gasteiger partial charge in [0.15, 0.2) is 4.47 Å². The first-order valence-electron chi connectivity index (χ1n) is 5.12. The summed E-state index contributed by atoms with van der Waals surface area (Å²) in [5.74, 6) is -0.364. The molecule has 0 N–H and O–H groups in total. The zero-order valence-electron chi connectivity index (χ0n) is 9.60. The molecule has 0 saturated heterocycles. The highest BCUT2D eigenvalue weighted by Gasteiger charge is 2.09. The van der Waals surface area contributed by atoms with E-state index in [1.165, 1.54) is 6.20 Å². The van der Waals surface area contributed by atoms with Gasteiger partial charge in [-0.05, 0) is 19.1 Å².